The topological polar surface area (TPSA) is 64.4 Å². The average Bonchev–Trinajstić information content (AvgIpc) is 3.19. The van der Waals surface area contributed by atoms with Crippen LogP contribution in [-0.2, 0) is 16.6 Å². The Hall–Kier alpha value is -1.69. The van der Waals surface area contributed by atoms with Crippen molar-refractivity contribution in [2.75, 3.05) is 6.54 Å². The molecule has 0 aliphatic carbocycles. The van der Waals surface area contributed by atoms with Gasteiger partial charge in [-0.3, -0.25) is 14.3 Å². The minimum atomic E-state index is -0.316. The predicted octanol–water partition coefficient (Wildman–Crippen LogP) is 1.55. The van der Waals surface area contributed by atoms with E-state index in [1.54, 1.807) is 24.1 Å². The number of rotatable bonds is 4. The number of carbonyl (C=O) groups is 2. The lowest BCUT2D eigenvalue weighted by Crippen LogP contribution is -2.42. The maximum atomic E-state index is 12.6. The number of ether oxygens (including phenoxy) is 1. The lowest BCUT2D eigenvalue weighted by atomic mass is 10.0. The molecule has 2 aliphatic rings. The normalized spacial score (nSPS) is 28.3. The molecule has 0 aromatic carbocycles. The number of ketones is 1. The number of likely N-dealkylation sites (tertiary alicyclic amines) is 1. The highest BCUT2D eigenvalue weighted by Crippen LogP contribution is 2.27. The Kier molecular flexibility index (Phi) is 4.29. The summed E-state index contributed by atoms with van der Waals surface area (Å²) in [4.78, 5) is 26.8. The van der Waals surface area contributed by atoms with E-state index in [4.69, 9.17) is 4.74 Å². The lowest BCUT2D eigenvalue weighted by Gasteiger charge is -2.26. The first-order valence-electron chi connectivity index (χ1n) is 8.02. The van der Waals surface area contributed by atoms with Gasteiger partial charge >= 0.3 is 0 Å². The fourth-order valence-corrected chi connectivity index (χ4v) is 3.40. The molecule has 0 spiro atoms. The van der Waals surface area contributed by atoms with Crippen LogP contribution in [0.15, 0.2) is 12.4 Å². The molecule has 1 amide bonds. The molecule has 6 heteroatoms. The Morgan fingerprint density at radius 3 is 2.82 bits per heavy atom. The van der Waals surface area contributed by atoms with Gasteiger partial charge in [0.2, 0.25) is 0 Å². The zero-order chi connectivity index (χ0) is 15.7. The van der Waals surface area contributed by atoms with E-state index in [1.807, 2.05) is 11.8 Å². The maximum Gasteiger partial charge on any atom is 0.251 e. The molecule has 2 saturated heterocycles. The quantitative estimate of drug-likeness (QED) is 0.792. The van der Waals surface area contributed by atoms with Gasteiger partial charge in [-0.25, -0.2) is 0 Å². The van der Waals surface area contributed by atoms with Gasteiger partial charge in [0.25, 0.3) is 5.91 Å². The summed E-state index contributed by atoms with van der Waals surface area (Å²) in [6.45, 7) is 2.73. The van der Waals surface area contributed by atoms with Crippen LogP contribution in [0.25, 0.3) is 0 Å². The highest BCUT2D eigenvalue weighted by molar-refractivity contribution is 5.96. The van der Waals surface area contributed by atoms with Crippen LogP contribution in [0.4, 0.5) is 0 Å². The van der Waals surface area contributed by atoms with E-state index >= 15 is 0 Å². The number of nitrogens with zero attached hydrogens (tertiary/aromatic N) is 3. The molecule has 0 radical (unpaired) electrons. The monoisotopic (exact) mass is 305 g/mol. The number of aromatic nitrogens is 2. The second-order valence-electron chi connectivity index (χ2n) is 6.37. The molecule has 2 fully saturated rings. The van der Waals surface area contributed by atoms with Crippen LogP contribution in [0.1, 0.15) is 49.4 Å². The number of amides is 1. The summed E-state index contributed by atoms with van der Waals surface area (Å²) < 4.78 is 7.31. The van der Waals surface area contributed by atoms with Crippen molar-refractivity contribution in [3.63, 3.8) is 0 Å². The molecule has 0 N–H and O–H groups in total. The van der Waals surface area contributed by atoms with Gasteiger partial charge < -0.3 is 9.64 Å². The molecule has 1 aromatic rings. The third-order valence-electron chi connectivity index (χ3n) is 4.62. The van der Waals surface area contributed by atoms with Gasteiger partial charge in [-0.1, -0.05) is 0 Å². The first-order chi connectivity index (χ1) is 10.5. The molecule has 2 aliphatic heterocycles. The largest absolute Gasteiger partial charge is 0.365 e. The summed E-state index contributed by atoms with van der Waals surface area (Å²) in [5.74, 6) is 0.115. The van der Waals surface area contributed by atoms with Crippen molar-refractivity contribution in [3.05, 3.63) is 18.0 Å². The predicted molar refractivity (Wildman–Crippen MR) is 80.5 cm³/mol. The molecule has 22 heavy (non-hydrogen) atoms. The molecular weight excluding hydrogens is 282 g/mol. The number of hydrogen-bond donors (Lipinski definition) is 0. The van der Waals surface area contributed by atoms with Gasteiger partial charge in [0.15, 0.2) is 5.78 Å². The van der Waals surface area contributed by atoms with E-state index in [-0.39, 0.29) is 29.9 Å². The molecule has 0 unspecified atom stereocenters. The van der Waals surface area contributed by atoms with Crippen molar-refractivity contribution in [1.82, 2.24) is 14.7 Å². The Balaban J connectivity index is 1.63. The molecule has 3 atom stereocenters. The fourth-order valence-electron chi connectivity index (χ4n) is 3.40. The summed E-state index contributed by atoms with van der Waals surface area (Å²) in [6, 6.07) is -0.000266. The van der Waals surface area contributed by atoms with E-state index in [0.29, 0.717) is 12.0 Å². The molecule has 0 saturated carbocycles. The number of carbonyl (C=O) groups excluding carboxylic acids is 2. The molecule has 120 valence electrons. The molecule has 0 bridgehead atoms. The summed E-state index contributed by atoms with van der Waals surface area (Å²) in [7, 11) is 1.79. The van der Waals surface area contributed by atoms with E-state index in [1.165, 1.54) is 0 Å². The third kappa shape index (κ3) is 3.06. The Morgan fingerprint density at radius 1 is 1.36 bits per heavy atom. The van der Waals surface area contributed by atoms with E-state index in [2.05, 4.69) is 5.10 Å². The Labute approximate surface area is 130 Å². The second kappa shape index (κ2) is 6.20. The van der Waals surface area contributed by atoms with Crippen LogP contribution in [0.3, 0.4) is 0 Å². The average molecular weight is 305 g/mol. The fraction of sp³-hybridized carbons (Fsp3) is 0.688. The summed E-state index contributed by atoms with van der Waals surface area (Å²) >= 11 is 0. The van der Waals surface area contributed by atoms with Crippen LogP contribution in [-0.4, -0.2) is 51.2 Å². The second-order valence-corrected chi connectivity index (χ2v) is 6.37. The molecule has 3 heterocycles. The van der Waals surface area contributed by atoms with Crippen molar-refractivity contribution < 1.29 is 14.3 Å². The van der Waals surface area contributed by atoms with Crippen LogP contribution in [0.5, 0.6) is 0 Å². The van der Waals surface area contributed by atoms with Gasteiger partial charge in [-0.05, 0) is 32.6 Å². The summed E-state index contributed by atoms with van der Waals surface area (Å²) in [5.41, 5.74) is 0.618. The molecule has 3 rings (SSSR count). The smallest absolute Gasteiger partial charge is 0.251 e. The maximum absolute atomic E-state index is 12.6. The number of aryl methyl sites for hydroxylation is 1. The van der Waals surface area contributed by atoms with E-state index in [0.717, 1.165) is 32.2 Å². The molecule has 1 aromatic heterocycles. The highest BCUT2D eigenvalue weighted by atomic mass is 16.5. The van der Waals surface area contributed by atoms with Gasteiger partial charge in [0.1, 0.15) is 6.10 Å². The zero-order valence-corrected chi connectivity index (χ0v) is 13.2. The van der Waals surface area contributed by atoms with Crippen molar-refractivity contribution in [1.29, 1.82) is 0 Å². The van der Waals surface area contributed by atoms with Gasteiger partial charge in [0.05, 0.1) is 17.9 Å². The van der Waals surface area contributed by atoms with Crippen molar-refractivity contribution in [2.45, 2.75) is 57.3 Å². The molecule has 6 nitrogen and oxygen atoms in total. The highest BCUT2D eigenvalue weighted by Gasteiger charge is 2.37. The minimum absolute atomic E-state index is 0.000266. The SMILES string of the molecule is C[C@@H]1CC[C@@H](C(=O)N2CCC[C@@H]2CC(=O)c2cnn(C)c2)O1. The summed E-state index contributed by atoms with van der Waals surface area (Å²) in [5, 5.41) is 4.03. The Morgan fingerprint density at radius 2 is 2.18 bits per heavy atom. The molecular formula is C16H23N3O3. The van der Waals surface area contributed by atoms with E-state index < -0.39 is 0 Å². The van der Waals surface area contributed by atoms with Crippen molar-refractivity contribution >= 4 is 11.7 Å². The first kappa shape index (κ1) is 15.2. The van der Waals surface area contributed by atoms with Crippen molar-refractivity contribution in [2.24, 2.45) is 7.05 Å². The standard InChI is InChI=1S/C16H23N3O3/c1-11-5-6-15(22-11)16(21)19-7-3-4-13(19)8-14(20)12-9-17-18(2)10-12/h9-11,13,15H,3-8H2,1-2H3/t11-,13-,15+/m1/s1. The van der Waals surface area contributed by atoms with Crippen LogP contribution in [0, 0.1) is 0 Å². The Bertz CT molecular complexity index is 569. The van der Waals surface area contributed by atoms with Gasteiger partial charge in [0, 0.05) is 32.3 Å². The van der Waals surface area contributed by atoms with Crippen LogP contribution in [0.2, 0.25) is 0 Å². The summed E-state index contributed by atoms with van der Waals surface area (Å²) in [6.07, 6.45) is 7.11. The van der Waals surface area contributed by atoms with Crippen LogP contribution < -0.4 is 0 Å². The van der Waals surface area contributed by atoms with Crippen LogP contribution >= 0.6 is 0 Å². The van der Waals surface area contributed by atoms with E-state index in [9.17, 15) is 9.59 Å². The van der Waals surface area contributed by atoms with Gasteiger partial charge in [-0.2, -0.15) is 5.10 Å². The first-order valence-corrected chi connectivity index (χ1v) is 8.02. The number of Topliss-reactive ketones (excluding diaryl/α,β-unsaturated/α-hetero) is 1. The number of hydrogen-bond acceptors (Lipinski definition) is 4. The zero-order valence-electron chi connectivity index (χ0n) is 13.2. The van der Waals surface area contributed by atoms with Crippen molar-refractivity contribution in [3.8, 4) is 0 Å². The third-order valence-corrected chi connectivity index (χ3v) is 4.62. The van der Waals surface area contributed by atoms with Gasteiger partial charge in [-0.15, -0.1) is 0 Å². The minimum Gasteiger partial charge on any atom is -0.365 e. The lowest BCUT2D eigenvalue weighted by molar-refractivity contribution is -0.143.